The molecule has 0 unspecified atom stereocenters. The maximum atomic E-state index is 12.9. The summed E-state index contributed by atoms with van der Waals surface area (Å²) < 4.78 is 1.90. The quantitative estimate of drug-likeness (QED) is 0.702. The van der Waals surface area contributed by atoms with E-state index in [4.69, 9.17) is 5.10 Å². The molecule has 1 fully saturated rings. The van der Waals surface area contributed by atoms with Gasteiger partial charge in [-0.05, 0) is 43.4 Å². The summed E-state index contributed by atoms with van der Waals surface area (Å²) in [4.78, 5) is 21.4. The molecule has 2 aromatic heterocycles. The Bertz CT molecular complexity index is 801. The number of hydrogen-bond acceptors (Lipinski definition) is 5. The van der Waals surface area contributed by atoms with Crippen LogP contribution in [0.2, 0.25) is 0 Å². The standard InChI is InChI=1S/C22H32N6O/c1-2-11-27(13-10-24-19-5-3-6-19)22(29)17-26-12-8-18-15-28(25-21(18)16-26)20-7-4-9-23-14-20/h4,7,9,14-15,19,24H,2-3,5-6,8,10-13,16-17H2,1H3. The summed E-state index contributed by atoms with van der Waals surface area (Å²) in [6.07, 6.45) is 11.5. The van der Waals surface area contributed by atoms with Crippen LogP contribution in [0.1, 0.15) is 43.9 Å². The van der Waals surface area contributed by atoms with Crippen molar-refractivity contribution in [3.63, 3.8) is 0 Å². The highest BCUT2D eigenvalue weighted by Gasteiger charge is 2.24. The Hall–Kier alpha value is -2.25. The van der Waals surface area contributed by atoms with Crippen LogP contribution in [-0.2, 0) is 17.8 Å². The molecule has 156 valence electrons. The monoisotopic (exact) mass is 396 g/mol. The van der Waals surface area contributed by atoms with Crippen molar-refractivity contribution in [2.24, 2.45) is 0 Å². The highest BCUT2D eigenvalue weighted by Crippen LogP contribution is 2.20. The minimum Gasteiger partial charge on any atom is -0.340 e. The highest BCUT2D eigenvalue weighted by atomic mass is 16.2. The van der Waals surface area contributed by atoms with Crippen molar-refractivity contribution in [2.45, 2.75) is 51.6 Å². The van der Waals surface area contributed by atoms with Gasteiger partial charge in [-0.2, -0.15) is 5.10 Å². The second-order valence-corrected chi connectivity index (χ2v) is 8.18. The number of pyridine rings is 1. The average molecular weight is 397 g/mol. The topological polar surface area (TPSA) is 66.3 Å². The Balaban J connectivity index is 1.32. The summed E-state index contributed by atoms with van der Waals surface area (Å²) >= 11 is 0. The number of nitrogens with zero attached hydrogens (tertiary/aromatic N) is 5. The van der Waals surface area contributed by atoms with Crippen molar-refractivity contribution in [3.8, 4) is 5.69 Å². The second-order valence-electron chi connectivity index (χ2n) is 8.18. The Kier molecular flexibility index (Phi) is 6.56. The number of rotatable bonds is 9. The molecule has 0 bridgehead atoms. The number of fused-ring (bicyclic) bond motifs is 1. The molecule has 1 saturated carbocycles. The molecule has 7 heteroatoms. The van der Waals surface area contributed by atoms with Gasteiger partial charge < -0.3 is 10.2 Å². The van der Waals surface area contributed by atoms with E-state index >= 15 is 0 Å². The van der Waals surface area contributed by atoms with E-state index in [1.54, 1.807) is 6.20 Å². The normalized spacial score (nSPS) is 17.0. The van der Waals surface area contributed by atoms with Gasteiger partial charge in [0.25, 0.3) is 0 Å². The van der Waals surface area contributed by atoms with E-state index in [-0.39, 0.29) is 5.91 Å². The molecule has 0 spiro atoms. The summed E-state index contributed by atoms with van der Waals surface area (Å²) in [7, 11) is 0. The summed E-state index contributed by atoms with van der Waals surface area (Å²) in [6, 6.07) is 4.60. The third-order valence-corrected chi connectivity index (χ3v) is 5.98. The minimum atomic E-state index is 0.234. The van der Waals surface area contributed by atoms with Gasteiger partial charge in [0.2, 0.25) is 5.91 Å². The molecular weight excluding hydrogens is 364 g/mol. The molecule has 0 saturated heterocycles. The van der Waals surface area contributed by atoms with Crippen LogP contribution in [0.4, 0.5) is 0 Å². The third-order valence-electron chi connectivity index (χ3n) is 5.98. The lowest BCUT2D eigenvalue weighted by atomic mass is 9.93. The van der Waals surface area contributed by atoms with Crippen LogP contribution in [0.15, 0.2) is 30.7 Å². The number of hydrogen-bond donors (Lipinski definition) is 1. The predicted octanol–water partition coefficient (Wildman–Crippen LogP) is 2.01. The number of carbonyl (C=O) groups excluding carboxylic acids is 1. The van der Waals surface area contributed by atoms with Gasteiger partial charge in [-0.1, -0.05) is 13.3 Å². The van der Waals surface area contributed by atoms with Gasteiger partial charge in [0, 0.05) is 51.2 Å². The van der Waals surface area contributed by atoms with E-state index in [1.165, 1.54) is 24.8 Å². The van der Waals surface area contributed by atoms with Gasteiger partial charge >= 0.3 is 0 Å². The van der Waals surface area contributed by atoms with E-state index < -0.39 is 0 Å². The lowest BCUT2D eigenvalue weighted by Crippen LogP contribution is -2.46. The molecule has 0 aromatic carbocycles. The van der Waals surface area contributed by atoms with Crippen molar-refractivity contribution in [1.82, 2.24) is 29.9 Å². The van der Waals surface area contributed by atoms with Gasteiger partial charge in [-0.15, -0.1) is 0 Å². The van der Waals surface area contributed by atoms with Crippen molar-refractivity contribution >= 4 is 5.91 Å². The molecule has 4 rings (SSSR count). The maximum absolute atomic E-state index is 12.9. The zero-order valence-corrected chi connectivity index (χ0v) is 17.4. The van der Waals surface area contributed by atoms with E-state index in [0.29, 0.717) is 12.6 Å². The van der Waals surface area contributed by atoms with Crippen molar-refractivity contribution in [2.75, 3.05) is 32.7 Å². The molecule has 1 N–H and O–H groups in total. The molecular formula is C22H32N6O. The SMILES string of the molecule is CCCN(CCNC1CCC1)C(=O)CN1CCc2cn(-c3cccnc3)nc2C1. The van der Waals surface area contributed by atoms with Gasteiger partial charge in [-0.3, -0.25) is 14.7 Å². The van der Waals surface area contributed by atoms with Crippen LogP contribution in [0, 0.1) is 0 Å². The first-order chi connectivity index (χ1) is 14.2. The Labute approximate surface area is 173 Å². The van der Waals surface area contributed by atoms with E-state index in [2.05, 4.69) is 28.3 Å². The van der Waals surface area contributed by atoms with E-state index in [1.807, 2.05) is 27.9 Å². The lowest BCUT2D eigenvalue weighted by molar-refractivity contribution is -0.132. The molecule has 29 heavy (non-hydrogen) atoms. The Morgan fingerprint density at radius 2 is 2.24 bits per heavy atom. The van der Waals surface area contributed by atoms with Crippen LogP contribution >= 0.6 is 0 Å². The second kappa shape index (κ2) is 9.50. The molecule has 0 radical (unpaired) electrons. The summed E-state index contributed by atoms with van der Waals surface area (Å²) in [5, 5.41) is 8.32. The molecule has 0 atom stereocenters. The Morgan fingerprint density at radius 3 is 2.97 bits per heavy atom. The molecule has 2 aromatic rings. The van der Waals surface area contributed by atoms with Gasteiger partial charge in [0.05, 0.1) is 24.1 Å². The fourth-order valence-corrected chi connectivity index (χ4v) is 4.05. The summed E-state index contributed by atoms with van der Waals surface area (Å²) in [6.45, 7) is 6.78. The number of carbonyl (C=O) groups is 1. The van der Waals surface area contributed by atoms with Crippen LogP contribution in [0.25, 0.3) is 5.69 Å². The fourth-order valence-electron chi connectivity index (χ4n) is 4.05. The number of amides is 1. The van der Waals surface area contributed by atoms with Crippen LogP contribution in [0.5, 0.6) is 0 Å². The van der Waals surface area contributed by atoms with Crippen molar-refractivity contribution < 1.29 is 4.79 Å². The van der Waals surface area contributed by atoms with Crippen molar-refractivity contribution in [3.05, 3.63) is 42.0 Å². The Morgan fingerprint density at radius 1 is 1.34 bits per heavy atom. The average Bonchev–Trinajstić information content (AvgIpc) is 3.13. The minimum absolute atomic E-state index is 0.234. The maximum Gasteiger partial charge on any atom is 0.236 e. The third kappa shape index (κ3) is 5.03. The van der Waals surface area contributed by atoms with Crippen LogP contribution in [0.3, 0.4) is 0 Å². The molecule has 7 nitrogen and oxygen atoms in total. The zero-order chi connectivity index (χ0) is 20.1. The molecule has 2 aliphatic rings. The molecule has 1 aliphatic carbocycles. The first kappa shape index (κ1) is 20.0. The largest absolute Gasteiger partial charge is 0.340 e. The molecule has 3 heterocycles. The number of nitrogens with one attached hydrogen (secondary N) is 1. The van der Waals surface area contributed by atoms with E-state index in [0.717, 1.165) is 56.9 Å². The fraction of sp³-hybridized carbons (Fsp3) is 0.591. The lowest BCUT2D eigenvalue weighted by Gasteiger charge is -2.31. The van der Waals surface area contributed by atoms with Gasteiger partial charge in [0.15, 0.2) is 0 Å². The van der Waals surface area contributed by atoms with Gasteiger partial charge in [-0.25, -0.2) is 4.68 Å². The summed E-state index contributed by atoms with van der Waals surface area (Å²) in [5.74, 6) is 0.234. The number of aromatic nitrogens is 3. The molecule has 1 aliphatic heterocycles. The first-order valence-electron chi connectivity index (χ1n) is 10.9. The van der Waals surface area contributed by atoms with Gasteiger partial charge in [0.1, 0.15) is 0 Å². The van der Waals surface area contributed by atoms with Crippen LogP contribution in [-0.4, -0.2) is 69.2 Å². The highest BCUT2D eigenvalue weighted by molar-refractivity contribution is 5.78. The summed E-state index contributed by atoms with van der Waals surface area (Å²) in [5.41, 5.74) is 3.31. The van der Waals surface area contributed by atoms with Crippen molar-refractivity contribution in [1.29, 1.82) is 0 Å². The smallest absolute Gasteiger partial charge is 0.236 e. The first-order valence-corrected chi connectivity index (χ1v) is 10.9. The zero-order valence-electron chi connectivity index (χ0n) is 17.4. The molecule has 1 amide bonds. The van der Waals surface area contributed by atoms with Crippen LogP contribution < -0.4 is 5.32 Å². The predicted molar refractivity (Wildman–Crippen MR) is 113 cm³/mol. The van der Waals surface area contributed by atoms with E-state index in [9.17, 15) is 4.79 Å².